The van der Waals surface area contributed by atoms with Crippen LogP contribution in [0.2, 0.25) is 0 Å². The molecule has 1 aromatic carbocycles. The molecular formula is C24H31N3O3. The van der Waals surface area contributed by atoms with Crippen molar-refractivity contribution < 1.29 is 14.4 Å². The lowest BCUT2D eigenvalue weighted by Crippen LogP contribution is -2.61. The molecule has 0 radical (unpaired) electrons. The molecule has 1 aromatic rings. The number of hydrogen-bond donors (Lipinski definition) is 2. The van der Waals surface area contributed by atoms with E-state index in [1.54, 1.807) is 6.92 Å². The molecule has 1 saturated heterocycles. The van der Waals surface area contributed by atoms with E-state index in [-0.39, 0.29) is 23.9 Å². The van der Waals surface area contributed by atoms with Gasteiger partial charge in [0.1, 0.15) is 12.1 Å². The third kappa shape index (κ3) is 3.50. The fourth-order valence-electron chi connectivity index (χ4n) is 6.84. The number of aryl methyl sites for hydroxylation is 1. The van der Waals surface area contributed by atoms with Crippen molar-refractivity contribution in [3.8, 4) is 0 Å². The van der Waals surface area contributed by atoms with Gasteiger partial charge in [-0.1, -0.05) is 30.3 Å². The topological polar surface area (TPSA) is 78.5 Å². The van der Waals surface area contributed by atoms with E-state index in [0.717, 1.165) is 47.5 Å². The Morgan fingerprint density at radius 2 is 1.67 bits per heavy atom. The lowest BCUT2D eigenvalue weighted by atomic mass is 9.53. The van der Waals surface area contributed by atoms with Crippen LogP contribution in [0.4, 0.5) is 4.79 Å². The van der Waals surface area contributed by atoms with Crippen molar-refractivity contribution in [3.63, 3.8) is 0 Å². The van der Waals surface area contributed by atoms with Gasteiger partial charge in [-0.2, -0.15) is 0 Å². The van der Waals surface area contributed by atoms with Crippen LogP contribution in [0.1, 0.15) is 57.4 Å². The molecule has 4 amide bonds. The molecule has 6 heteroatoms. The third-order valence-corrected chi connectivity index (χ3v) is 7.85. The van der Waals surface area contributed by atoms with Gasteiger partial charge in [-0.05, 0) is 81.6 Å². The van der Waals surface area contributed by atoms with E-state index in [1.807, 2.05) is 30.3 Å². The van der Waals surface area contributed by atoms with Gasteiger partial charge >= 0.3 is 6.03 Å². The molecule has 6 nitrogen and oxygen atoms in total. The molecule has 30 heavy (non-hydrogen) atoms. The van der Waals surface area contributed by atoms with Crippen molar-refractivity contribution in [1.82, 2.24) is 15.5 Å². The Bertz CT molecular complexity index is 832. The lowest BCUT2D eigenvalue weighted by Gasteiger charge is -2.56. The van der Waals surface area contributed by atoms with Crippen molar-refractivity contribution in [3.05, 3.63) is 35.9 Å². The van der Waals surface area contributed by atoms with Crippen LogP contribution in [-0.4, -0.2) is 40.4 Å². The van der Waals surface area contributed by atoms with Crippen LogP contribution in [0.3, 0.4) is 0 Å². The zero-order chi connectivity index (χ0) is 20.9. The van der Waals surface area contributed by atoms with Gasteiger partial charge in [0.2, 0.25) is 5.91 Å². The van der Waals surface area contributed by atoms with E-state index < -0.39 is 11.6 Å². The molecule has 4 bridgehead atoms. The zero-order valence-corrected chi connectivity index (χ0v) is 17.7. The average Bonchev–Trinajstić information content (AvgIpc) is 2.89. The van der Waals surface area contributed by atoms with Gasteiger partial charge in [0.05, 0.1) is 0 Å². The van der Waals surface area contributed by atoms with Gasteiger partial charge < -0.3 is 10.6 Å². The second kappa shape index (κ2) is 7.10. The van der Waals surface area contributed by atoms with Gasteiger partial charge in [-0.15, -0.1) is 0 Å². The number of rotatable bonds is 6. The molecule has 1 atom stereocenters. The highest BCUT2D eigenvalue weighted by atomic mass is 16.2. The molecule has 2 N–H and O–H groups in total. The van der Waals surface area contributed by atoms with Crippen LogP contribution in [0.25, 0.3) is 0 Å². The first-order valence-corrected chi connectivity index (χ1v) is 11.3. The number of imide groups is 1. The number of urea groups is 1. The van der Waals surface area contributed by atoms with E-state index in [2.05, 4.69) is 10.6 Å². The van der Waals surface area contributed by atoms with Gasteiger partial charge in [0.25, 0.3) is 5.91 Å². The maximum Gasteiger partial charge on any atom is 0.325 e. The highest BCUT2D eigenvalue weighted by Gasteiger charge is 2.52. The van der Waals surface area contributed by atoms with Crippen LogP contribution in [0.15, 0.2) is 30.3 Å². The first-order chi connectivity index (χ1) is 14.3. The fourth-order valence-corrected chi connectivity index (χ4v) is 6.84. The summed E-state index contributed by atoms with van der Waals surface area (Å²) in [6.45, 7) is 1.57. The molecule has 160 valence electrons. The summed E-state index contributed by atoms with van der Waals surface area (Å²) in [5.41, 5.74) is 0.0500. The number of benzene rings is 1. The van der Waals surface area contributed by atoms with E-state index in [1.165, 1.54) is 19.3 Å². The minimum atomic E-state index is -0.964. The standard InChI is InChI=1S/C24H31N3O3/c1-23(8-7-16-5-3-2-4-6-16)21(29)27(22(30)26-23)15-20(28)25-24-12-17-9-18(13-24)11-19(10-17)14-24/h2-6,17-19H,7-15H2,1H3,(H,25,28)(H,26,30). The Hall–Kier alpha value is -2.37. The van der Waals surface area contributed by atoms with Crippen molar-refractivity contribution in [1.29, 1.82) is 0 Å². The Kier molecular flexibility index (Phi) is 4.64. The third-order valence-electron chi connectivity index (χ3n) is 7.85. The molecule has 6 rings (SSSR count). The van der Waals surface area contributed by atoms with Crippen LogP contribution >= 0.6 is 0 Å². The highest BCUT2D eigenvalue weighted by Crippen LogP contribution is 2.55. The number of amides is 4. The molecule has 5 aliphatic rings. The number of carbonyl (C=O) groups excluding carboxylic acids is 3. The molecule has 0 aromatic heterocycles. The second-order valence-electron chi connectivity index (χ2n) is 10.4. The van der Waals surface area contributed by atoms with Crippen molar-refractivity contribution in [2.24, 2.45) is 17.8 Å². The molecule has 1 aliphatic heterocycles. The minimum Gasteiger partial charge on any atom is -0.349 e. The first-order valence-electron chi connectivity index (χ1n) is 11.3. The molecule has 0 spiro atoms. The molecule has 4 aliphatic carbocycles. The maximum absolute atomic E-state index is 13.0. The molecule has 4 saturated carbocycles. The summed E-state index contributed by atoms with van der Waals surface area (Å²) >= 11 is 0. The van der Waals surface area contributed by atoms with Crippen LogP contribution < -0.4 is 10.6 Å². The van der Waals surface area contributed by atoms with Crippen LogP contribution in [-0.2, 0) is 16.0 Å². The van der Waals surface area contributed by atoms with E-state index in [4.69, 9.17) is 0 Å². The van der Waals surface area contributed by atoms with Crippen molar-refractivity contribution in [2.75, 3.05) is 6.54 Å². The SMILES string of the molecule is CC1(CCc2ccccc2)NC(=O)N(CC(=O)NC23CC4CC(CC(C4)C2)C3)C1=O. The summed E-state index contributed by atoms with van der Waals surface area (Å²) in [5, 5.41) is 6.09. The van der Waals surface area contributed by atoms with Crippen LogP contribution in [0.5, 0.6) is 0 Å². The Morgan fingerprint density at radius 3 is 2.27 bits per heavy atom. The van der Waals surface area contributed by atoms with E-state index in [9.17, 15) is 14.4 Å². The summed E-state index contributed by atoms with van der Waals surface area (Å²) in [4.78, 5) is 39.5. The molecular weight excluding hydrogens is 378 g/mol. The van der Waals surface area contributed by atoms with Crippen molar-refractivity contribution >= 4 is 17.8 Å². The molecule has 1 unspecified atom stereocenters. The second-order valence-corrected chi connectivity index (χ2v) is 10.4. The van der Waals surface area contributed by atoms with Crippen molar-refractivity contribution in [2.45, 2.75) is 69.4 Å². The fraction of sp³-hybridized carbons (Fsp3) is 0.625. The summed E-state index contributed by atoms with van der Waals surface area (Å²) in [6.07, 6.45) is 8.29. The Labute approximate surface area is 177 Å². The number of nitrogens with one attached hydrogen (secondary N) is 2. The average molecular weight is 410 g/mol. The zero-order valence-electron chi connectivity index (χ0n) is 17.7. The minimum absolute atomic E-state index is 0.109. The monoisotopic (exact) mass is 409 g/mol. The number of carbonyl (C=O) groups is 3. The summed E-state index contributed by atoms with van der Waals surface area (Å²) in [7, 11) is 0. The van der Waals surface area contributed by atoms with Gasteiger partial charge in [-0.3, -0.25) is 14.5 Å². The quantitative estimate of drug-likeness (QED) is 0.709. The van der Waals surface area contributed by atoms with E-state index in [0.29, 0.717) is 12.8 Å². The normalized spacial score (nSPS) is 36.8. The lowest BCUT2D eigenvalue weighted by molar-refractivity contribution is -0.136. The Balaban J connectivity index is 1.21. The predicted molar refractivity (Wildman–Crippen MR) is 112 cm³/mol. The highest BCUT2D eigenvalue weighted by molar-refractivity contribution is 6.08. The van der Waals surface area contributed by atoms with Gasteiger partial charge in [-0.25, -0.2) is 4.79 Å². The molecule has 5 fully saturated rings. The number of hydrogen-bond acceptors (Lipinski definition) is 3. The Morgan fingerprint density at radius 1 is 1.07 bits per heavy atom. The number of nitrogens with zero attached hydrogens (tertiary/aromatic N) is 1. The largest absolute Gasteiger partial charge is 0.349 e. The van der Waals surface area contributed by atoms with Gasteiger partial charge in [0.15, 0.2) is 0 Å². The molecule has 1 heterocycles. The smallest absolute Gasteiger partial charge is 0.325 e. The summed E-state index contributed by atoms with van der Waals surface area (Å²) in [6, 6.07) is 9.46. The maximum atomic E-state index is 13.0. The summed E-state index contributed by atoms with van der Waals surface area (Å²) in [5.74, 6) is 1.69. The van der Waals surface area contributed by atoms with Crippen LogP contribution in [0, 0.1) is 17.8 Å². The first kappa shape index (κ1) is 19.6. The summed E-state index contributed by atoms with van der Waals surface area (Å²) < 4.78 is 0. The van der Waals surface area contributed by atoms with E-state index >= 15 is 0 Å². The van der Waals surface area contributed by atoms with Gasteiger partial charge in [0, 0.05) is 5.54 Å². The predicted octanol–water partition coefficient (Wildman–Crippen LogP) is 3.01.